The van der Waals surface area contributed by atoms with Crippen molar-refractivity contribution < 1.29 is 4.39 Å². The van der Waals surface area contributed by atoms with E-state index in [0.717, 1.165) is 31.6 Å². The molecule has 0 aromatic heterocycles. The summed E-state index contributed by atoms with van der Waals surface area (Å²) in [5.41, 5.74) is 1.03. The molecular formula is C14H20ClFN2. The highest BCUT2D eigenvalue weighted by Gasteiger charge is 2.23. The van der Waals surface area contributed by atoms with Crippen LogP contribution in [0.1, 0.15) is 18.9 Å². The van der Waals surface area contributed by atoms with Crippen LogP contribution in [0.2, 0.25) is 5.02 Å². The largest absolute Gasteiger partial charge is 0.310 e. The van der Waals surface area contributed by atoms with E-state index in [-0.39, 0.29) is 10.8 Å². The molecule has 0 bridgehead atoms. The Bertz CT molecular complexity index is 411. The summed E-state index contributed by atoms with van der Waals surface area (Å²) in [4.78, 5) is 2.36. The smallest absolute Gasteiger partial charge is 0.141 e. The quantitative estimate of drug-likeness (QED) is 0.909. The van der Waals surface area contributed by atoms with Crippen LogP contribution in [0.4, 0.5) is 4.39 Å². The molecule has 2 unspecified atom stereocenters. The number of nitrogens with one attached hydrogen (secondary N) is 1. The second-order valence-corrected chi connectivity index (χ2v) is 5.67. The third-order valence-electron chi connectivity index (χ3n) is 3.66. The second-order valence-electron chi connectivity index (χ2n) is 5.26. The topological polar surface area (TPSA) is 15.3 Å². The standard InChI is InChI=1S/C14H20ClFN2/c1-10-9-18(2)6-5-14(10)17-8-11-3-4-13(16)12(15)7-11/h3-4,7,10,14,17H,5-6,8-9H2,1-2H3. The van der Waals surface area contributed by atoms with Gasteiger partial charge < -0.3 is 10.2 Å². The number of likely N-dealkylation sites (tertiary alicyclic amines) is 1. The molecule has 1 fully saturated rings. The van der Waals surface area contributed by atoms with Crippen LogP contribution in [-0.2, 0) is 6.54 Å². The lowest BCUT2D eigenvalue weighted by Crippen LogP contribution is -2.46. The molecule has 4 heteroatoms. The zero-order valence-corrected chi connectivity index (χ0v) is 11.7. The summed E-state index contributed by atoms with van der Waals surface area (Å²) < 4.78 is 13.0. The first-order valence-electron chi connectivity index (χ1n) is 6.42. The molecule has 2 atom stereocenters. The minimum absolute atomic E-state index is 0.200. The second kappa shape index (κ2) is 6.00. The predicted octanol–water partition coefficient (Wildman–Crippen LogP) is 2.91. The van der Waals surface area contributed by atoms with Gasteiger partial charge in [-0.3, -0.25) is 0 Å². The van der Waals surface area contributed by atoms with Gasteiger partial charge in [-0.25, -0.2) is 4.39 Å². The maximum atomic E-state index is 13.0. The number of benzene rings is 1. The Morgan fingerprint density at radius 3 is 2.94 bits per heavy atom. The summed E-state index contributed by atoms with van der Waals surface area (Å²) in [5.74, 6) is 0.285. The van der Waals surface area contributed by atoms with Crippen molar-refractivity contribution >= 4 is 11.6 Å². The molecule has 100 valence electrons. The van der Waals surface area contributed by atoms with Crippen molar-refractivity contribution in [1.29, 1.82) is 0 Å². The highest BCUT2D eigenvalue weighted by Crippen LogP contribution is 2.18. The lowest BCUT2D eigenvalue weighted by molar-refractivity contribution is 0.174. The Hall–Kier alpha value is -0.640. The average molecular weight is 271 g/mol. The minimum Gasteiger partial charge on any atom is -0.310 e. The van der Waals surface area contributed by atoms with E-state index in [1.165, 1.54) is 6.07 Å². The maximum absolute atomic E-state index is 13.0. The number of rotatable bonds is 3. The fourth-order valence-electron chi connectivity index (χ4n) is 2.56. The third-order valence-corrected chi connectivity index (χ3v) is 3.95. The molecule has 0 radical (unpaired) electrons. The molecule has 2 nitrogen and oxygen atoms in total. The molecule has 0 aliphatic carbocycles. The summed E-state index contributed by atoms with van der Waals surface area (Å²) in [6.45, 7) is 5.28. The molecule has 0 saturated carbocycles. The molecule has 1 aromatic carbocycles. The lowest BCUT2D eigenvalue weighted by Gasteiger charge is -2.35. The third kappa shape index (κ3) is 3.44. The van der Waals surface area contributed by atoms with E-state index >= 15 is 0 Å². The fraction of sp³-hybridized carbons (Fsp3) is 0.571. The van der Waals surface area contributed by atoms with Crippen LogP contribution in [0.5, 0.6) is 0 Å². The van der Waals surface area contributed by atoms with E-state index in [2.05, 4.69) is 24.2 Å². The lowest BCUT2D eigenvalue weighted by atomic mass is 9.94. The highest BCUT2D eigenvalue weighted by atomic mass is 35.5. The highest BCUT2D eigenvalue weighted by molar-refractivity contribution is 6.30. The Morgan fingerprint density at radius 1 is 1.50 bits per heavy atom. The molecule has 0 amide bonds. The van der Waals surface area contributed by atoms with Crippen LogP contribution in [0.15, 0.2) is 18.2 Å². The van der Waals surface area contributed by atoms with Crippen LogP contribution in [0.25, 0.3) is 0 Å². The van der Waals surface area contributed by atoms with Crippen LogP contribution < -0.4 is 5.32 Å². The number of halogens is 2. The van der Waals surface area contributed by atoms with Crippen molar-refractivity contribution in [2.24, 2.45) is 5.92 Å². The monoisotopic (exact) mass is 270 g/mol. The number of nitrogens with zero attached hydrogens (tertiary/aromatic N) is 1. The van der Waals surface area contributed by atoms with Gasteiger partial charge in [0, 0.05) is 19.1 Å². The molecule has 2 rings (SSSR count). The van der Waals surface area contributed by atoms with E-state index in [4.69, 9.17) is 11.6 Å². The minimum atomic E-state index is -0.354. The van der Waals surface area contributed by atoms with Gasteiger partial charge in [0.15, 0.2) is 0 Å². The molecule has 1 aliphatic heterocycles. The first kappa shape index (κ1) is 13.8. The van der Waals surface area contributed by atoms with Gasteiger partial charge in [-0.1, -0.05) is 24.6 Å². The van der Waals surface area contributed by atoms with Crippen molar-refractivity contribution in [1.82, 2.24) is 10.2 Å². The summed E-state index contributed by atoms with van der Waals surface area (Å²) in [6, 6.07) is 5.44. The van der Waals surface area contributed by atoms with Crippen molar-refractivity contribution in [2.45, 2.75) is 25.9 Å². The van der Waals surface area contributed by atoms with Crippen LogP contribution in [0.3, 0.4) is 0 Å². The van der Waals surface area contributed by atoms with Crippen LogP contribution in [-0.4, -0.2) is 31.1 Å². The van der Waals surface area contributed by atoms with E-state index < -0.39 is 0 Å². The van der Waals surface area contributed by atoms with Crippen molar-refractivity contribution in [3.63, 3.8) is 0 Å². The van der Waals surface area contributed by atoms with Gasteiger partial charge in [0.05, 0.1) is 5.02 Å². The van der Waals surface area contributed by atoms with Crippen molar-refractivity contribution in [3.8, 4) is 0 Å². The zero-order valence-electron chi connectivity index (χ0n) is 10.9. The Balaban J connectivity index is 1.89. The normalized spacial score (nSPS) is 25.3. The summed E-state index contributed by atoms with van der Waals surface area (Å²) in [7, 11) is 2.16. The predicted molar refractivity (Wildman–Crippen MR) is 73.3 cm³/mol. The molecule has 18 heavy (non-hydrogen) atoms. The van der Waals surface area contributed by atoms with Crippen LogP contribution >= 0.6 is 11.6 Å². The number of piperidine rings is 1. The molecule has 1 N–H and O–H groups in total. The van der Waals surface area contributed by atoms with E-state index in [1.807, 2.05) is 0 Å². The van der Waals surface area contributed by atoms with Gasteiger partial charge >= 0.3 is 0 Å². The van der Waals surface area contributed by atoms with Crippen molar-refractivity contribution in [2.75, 3.05) is 20.1 Å². The Labute approximate surface area is 113 Å². The number of hydrogen-bond acceptors (Lipinski definition) is 2. The maximum Gasteiger partial charge on any atom is 0.141 e. The Morgan fingerprint density at radius 2 is 2.28 bits per heavy atom. The van der Waals surface area contributed by atoms with Gasteiger partial charge in [0.1, 0.15) is 5.82 Å². The molecule has 1 aliphatic rings. The summed E-state index contributed by atoms with van der Waals surface area (Å²) in [5, 5.41) is 3.75. The van der Waals surface area contributed by atoms with Gasteiger partial charge in [-0.05, 0) is 43.6 Å². The van der Waals surface area contributed by atoms with Crippen molar-refractivity contribution in [3.05, 3.63) is 34.6 Å². The van der Waals surface area contributed by atoms with E-state index in [9.17, 15) is 4.39 Å². The Kier molecular flexibility index (Phi) is 4.60. The van der Waals surface area contributed by atoms with E-state index in [1.54, 1.807) is 12.1 Å². The summed E-state index contributed by atoms with van der Waals surface area (Å²) in [6.07, 6.45) is 1.16. The molecule has 1 heterocycles. The van der Waals surface area contributed by atoms with Gasteiger partial charge in [0.25, 0.3) is 0 Å². The summed E-state index contributed by atoms with van der Waals surface area (Å²) >= 11 is 5.77. The SMILES string of the molecule is CC1CN(C)CCC1NCc1ccc(F)c(Cl)c1. The first-order chi connectivity index (χ1) is 8.56. The first-order valence-corrected chi connectivity index (χ1v) is 6.80. The van der Waals surface area contributed by atoms with Gasteiger partial charge in [-0.15, -0.1) is 0 Å². The zero-order chi connectivity index (χ0) is 13.1. The van der Waals surface area contributed by atoms with Gasteiger partial charge in [0.2, 0.25) is 0 Å². The molecule has 1 saturated heterocycles. The molecule has 0 spiro atoms. The fourth-order valence-corrected chi connectivity index (χ4v) is 2.76. The molecular weight excluding hydrogens is 251 g/mol. The molecule has 1 aromatic rings. The average Bonchev–Trinajstić information content (AvgIpc) is 2.32. The van der Waals surface area contributed by atoms with Crippen LogP contribution in [0, 0.1) is 11.7 Å². The van der Waals surface area contributed by atoms with E-state index in [0.29, 0.717) is 12.0 Å². The van der Waals surface area contributed by atoms with Gasteiger partial charge in [-0.2, -0.15) is 0 Å². The number of hydrogen-bond donors (Lipinski definition) is 1.